The van der Waals surface area contributed by atoms with Crippen LogP contribution < -0.4 is 0 Å². The highest BCUT2D eigenvalue weighted by atomic mass is 16.6. The van der Waals surface area contributed by atoms with E-state index in [-0.39, 0.29) is 12.8 Å². The molecule has 0 spiro atoms. The molecular formula is C7H12O5. The molecule has 0 saturated carbocycles. The van der Waals surface area contributed by atoms with Gasteiger partial charge in [0.25, 0.3) is 0 Å². The quantitative estimate of drug-likeness (QED) is 0.459. The van der Waals surface area contributed by atoms with E-state index in [0.29, 0.717) is 6.42 Å². The summed E-state index contributed by atoms with van der Waals surface area (Å²) in [6.07, 6.45) is -1.29. The van der Waals surface area contributed by atoms with E-state index in [1.54, 1.807) is 6.92 Å². The smallest absolute Gasteiger partial charge is 0.308 e. The van der Waals surface area contributed by atoms with E-state index in [1.165, 1.54) is 0 Å². The van der Waals surface area contributed by atoms with Gasteiger partial charge in [-0.15, -0.1) is 0 Å². The van der Waals surface area contributed by atoms with Gasteiger partial charge in [0.2, 0.25) is 0 Å². The summed E-state index contributed by atoms with van der Waals surface area (Å²) in [7, 11) is 0. The van der Waals surface area contributed by atoms with Gasteiger partial charge in [0.15, 0.2) is 6.29 Å². The van der Waals surface area contributed by atoms with Crippen LogP contribution >= 0.6 is 0 Å². The first kappa shape index (κ1) is 10.9. The Kier molecular flexibility index (Phi) is 5.03. The van der Waals surface area contributed by atoms with Crippen LogP contribution in [0.4, 0.5) is 0 Å². The highest BCUT2D eigenvalue weighted by Crippen LogP contribution is 1.98. The van der Waals surface area contributed by atoms with Gasteiger partial charge >= 0.3 is 11.9 Å². The average molecular weight is 176 g/mol. The molecule has 1 unspecified atom stereocenters. The Morgan fingerprint density at radius 2 is 2.00 bits per heavy atom. The lowest BCUT2D eigenvalue weighted by Gasteiger charge is -2.08. The molecule has 0 aromatic carbocycles. The second-order valence-electron chi connectivity index (χ2n) is 2.25. The van der Waals surface area contributed by atoms with Crippen LogP contribution in [-0.2, 0) is 14.3 Å². The highest BCUT2D eigenvalue weighted by Gasteiger charge is 2.10. The van der Waals surface area contributed by atoms with Crippen molar-refractivity contribution in [3.63, 3.8) is 0 Å². The van der Waals surface area contributed by atoms with Crippen molar-refractivity contribution in [2.45, 2.75) is 32.5 Å². The van der Waals surface area contributed by atoms with Crippen molar-refractivity contribution in [1.29, 1.82) is 0 Å². The molecule has 0 bridgehead atoms. The highest BCUT2D eigenvalue weighted by molar-refractivity contribution is 5.76. The van der Waals surface area contributed by atoms with Crippen molar-refractivity contribution in [3.8, 4) is 0 Å². The number of carbonyl (C=O) groups is 2. The van der Waals surface area contributed by atoms with E-state index >= 15 is 0 Å². The molecule has 0 aliphatic carbocycles. The molecule has 12 heavy (non-hydrogen) atoms. The van der Waals surface area contributed by atoms with Gasteiger partial charge in [-0.3, -0.25) is 9.59 Å². The Morgan fingerprint density at radius 1 is 1.42 bits per heavy atom. The number of carboxylic acid groups (broad SMARTS) is 1. The van der Waals surface area contributed by atoms with E-state index in [4.69, 9.17) is 10.2 Å². The fourth-order valence-corrected chi connectivity index (χ4v) is 0.503. The van der Waals surface area contributed by atoms with Crippen molar-refractivity contribution < 1.29 is 24.5 Å². The first-order valence-corrected chi connectivity index (χ1v) is 3.65. The summed E-state index contributed by atoms with van der Waals surface area (Å²) in [5.41, 5.74) is 0. The third-order valence-electron chi connectivity index (χ3n) is 1.16. The Balaban J connectivity index is 3.53. The first-order valence-electron chi connectivity index (χ1n) is 3.65. The van der Waals surface area contributed by atoms with Gasteiger partial charge in [0.05, 0.1) is 12.8 Å². The number of hydrogen-bond acceptors (Lipinski definition) is 4. The second kappa shape index (κ2) is 5.54. The monoisotopic (exact) mass is 176 g/mol. The van der Waals surface area contributed by atoms with Crippen LogP contribution in [-0.4, -0.2) is 28.4 Å². The summed E-state index contributed by atoms with van der Waals surface area (Å²) >= 11 is 0. The fraction of sp³-hybridized carbons (Fsp3) is 0.714. The predicted molar refractivity (Wildman–Crippen MR) is 39.3 cm³/mol. The molecule has 0 aliphatic heterocycles. The maximum atomic E-state index is 10.7. The van der Waals surface area contributed by atoms with E-state index in [1.807, 2.05) is 0 Å². The van der Waals surface area contributed by atoms with E-state index < -0.39 is 18.2 Å². The lowest BCUT2D eigenvalue weighted by Crippen LogP contribution is -2.17. The number of aliphatic carboxylic acids is 1. The second-order valence-corrected chi connectivity index (χ2v) is 2.25. The van der Waals surface area contributed by atoms with Gasteiger partial charge in [0, 0.05) is 6.42 Å². The number of aliphatic hydroxyl groups excluding tert-OH is 1. The number of rotatable bonds is 5. The minimum atomic E-state index is -1.12. The number of hydrogen-bond donors (Lipinski definition) is 2. The zero-order valence-corrected chi connectivity index (χ0v) is 6.82. The Hall–Kier alpha value is -1.10. The predicted octanol–water partition coefficient (Wildman–Crippen LogP) is 0.123. The van der Waals surface area contributed by atoms with Crippen LogP contribution in [0.15, 0.2) is 0 Å². The fourth-order valence-electron chi connectivity index (χ4n) is 0.503. The zero-order chi connectivity index (χ0) is 9.56. The van der Waals surface area contributed by atoms with E-state index in [0.717, 1.165) is 0 Å². The Labute approximate surface area is 70.0 Å². The molecule has 1 atom stereocenters. The van der Waals surface area contributed by atoms with Crippen molar-refractivity contribution in [2.75, 3.05) is 0 Å². The molecule has 0 rings (SSSR count). The summed E-state index contributed by atoms with van der Waals surface area (Å²) in [6, 6.07) is 0. The van der Waals surface area contributed by atoms with Crippen LogP contribution in [0.1, 0.15) is 26.2 Å². The van der Waals surface area contributed by atoms with Crippen LogP contribution in [0.2, 0.25) is 0 Å². The van der Waals surface area contributed by atoms with Crippen molar-refractivity contribution >= 4 is 11.9 Å². The SMILES string of the molecule is CCC(O)OC(=O)CCC(=O)O. The number of carbonyl (C=O) groups excluding carboxylic acids is 1. The third kappa shape index (κ3) is 5.67. The third-order valence-corrected chi connectivity index (χ3v) is 1.16. The minimum Gasteiger partial charge on any atom is -0.481 e. The van der Waals surface area contributed by atoms with Crippen molar-refractivity contribution in [3.05, 3.63) is 0 Å². The van der Waals surface area contributed by atoms with Gasteiger partial charge < -0.3 is 14.9 Å². The standard InChI is InChI=1S/C7H12O5/c1-2-6(10)12-7(11)4-3-5(8)9/h6,10H,2-4H2,1H3,(H,8,9). The number of carboxylic acids is 1. The zero-order valence-electron chi connectivity index (χ0n) is 6.82. The summed E-state index contributed by atoms with van der Waals surface area (Å²) in [4.78, 5) is 20.7. The van der Waals surface area contributed by atoms with Crippen LogP contribution in [0.25, 0.3) is 0 Å². The van der Waals surface area contributed by atoms with Gasteiger partial charge in [0.1, 0.15) is 0 Å². The topological polar surface area (TPSA) is 83.8 Å². The van der Waals surface area contributed by atoms with Crippen LogP contribution in [0, 0.1) is 0 Å². The maximum Gasteiger partial charge on any atom is 0.308 e. The molecule has 0 radical (unpaired) electrons. The van der Waals surface area contributed by atoms with Crippen LogP contribution in [0.5, 0.6) is 0 Å². The molecule has 0 aromatic heterocycles. The lowest BCUT2D eigenvalue weighted by molar-refractivity contribution is -0.169. The summed E-state index contributed by atoms with van der Waals surface area (Å²) in [6.45, 7) is 1.65. The molecule has 0 aliphatic rings. The van der Waals surface area contributed by atoms with E-state index in [2.05, 4.69) is 4.74 Å². The number of esters is 1. The van der Waals surface area contributed by atoms with E-state index in [9.17, 15) is 9.59 Å². The first-order chi connectivity index (χ1) is 5.56. The van der Waals surface area contributed by atoms with Gasteiger partial charge in [-0.05, 0) is 0 Å². The van der Waals surface area contributed by atoms with Crippen LogP contribution in [0.3, 0.4) is 0 Å². The lowest BCUT2D eigenvalue weighted by atomic mass is 10.3. The molecule has 0 heterocycles. The molecule has 0 aromatic rings. The molecule has 0 amide bonds. The molecule has 0 saturated heterocycles. The van der Waals surface area contributed by atoms with Gasteiger partial charge in [-0.1, -0.05) is 6.92 Å². The number of aliphatic hydroxyl groups is 1. The summed E-state index contributed by atoms with van der Waals surface area (Å²) in [5.74, 6) is -1.75. The largest absolute Gasteiger partial charge is 0.481 e. The van der Waals surface area contributed by atoms with Gasteiger partial charge in [-0.25, -0.2) is 0 Å². The summed E-state index contributed by atoms with van der Waals surface area (Å²) < 4.78 is 4.40. The van der Waals surface area contributed by atoms with Crippen molar-refractivity contribution in [1.82, 2.24) is 0 Å². The molecule has 5 heteroatoms. The average Bonchev–Trinajstić information content (AvgIpc) is 2.00. The molecule has 5 nitrogen and oxygen atoms in total. The minimum absolute atomic E-state index is 0.202. The van der Waals surface area contributed by atoms with Crippen molar-refractivity contribution in [2.24, 2.45) is 0 Å². The molecule has 2 N–H and O–H groups in total. The maximum absolute atomic E-state index is 10.7. The summed E-state index contributed by atoms with van der Waals surface area (Å²) in [5, 5.41) is 17.0. The molecular weight excluding hydrogens is 164 g/mol. The molecule has 70 valence electrons. The number of ether oxygens (including phenoxy) is 1. The normalized spacial score (nSPS) is 12.2. The van der Waals surface area contributed by atoms with Gasteiger partial charge in [-0.2, -0.15) is 0 Å². The Morgan fingerprint density at radius 3 is 2.42 bits per heavy atom. The Bertz CT molecular complexity index is 165. The molecule has 0 fully saturated rings.